The van der Waals surface area contributed by atoms with Gasteiger partial charge in [-0.15, -0.1) is 13.2 Å². The third-order valence-corrected chi connectivity index (χ3v) is 6.70. The van der Waals surface area contributed by atoms with Gasteiger partial charge in [0.05, 0.1) is 0 Å². The predicted octanol–water partition coefficient (Wildman–Crippen LogP) is 7.73. The van der Waals surface area contributed by atoms with Crippen molar-refractivity contribution in [3.05, 3.63) is 70.3 Å². The fourth-order valence-electron chi connectivity index (χ4n) is 4.87. The lowest BCUT2D eigenvalue weighted by Crippen LogP contribution is -2.20. The monoisotopic (exact) mass is 436 g/mol. The average Bonchev–Trinajstić information content (AvgIpc) is 2.76. The Kier molecular flexibility index (Phi) is 6.09. The highest BCUT2D eigenvalue weighted by Gasteiger charge is 2.35. The van der Waals surface area contributed by atoms with Crippen LogP contribution in [0.5, 0.6) is 5.75 Å². The molecule has 2 aromatic rings. The summed E-state index contributed by atoms with van der Waals surface area (Å²) >= 11 is 0. The highest BCUT2D eigenvalue weighted by molar-refractivity contribution is 5.71. The maximum absolute atomic E-state index is 14.5. The number of hydrogen-bond acceptors (Lipinski definition) is 1. The van der Waals surface area contributed by atoms with Crippen LogP contribution in [0, 0.1) is 17.6 Å². The number of alkyl halides is 3. The van der Waals surface area contributed by atoms with E-state index in [9.17, 15) is 22.0 Å². The summed E-state index contributed by atoms with van der Waals surface area (Å²) in [4.78, 5) is 0. The predicted molar refractivity (Wildman–Crippen MR) is 110 cm³/mol. The Morgan fingerprint density at radius 3 is 2.29 bits per heavy atom. The summed E-state index contributed by atoms with van der Waals surface area (Å²) in [6.07, 6.45) is 3.18. The van der Waals surface area contributed by atoms with Gasteiger partial charge in [0.25, 0.3) is 0 Å². The summed E-state index contributed by atoms with van der Waals surface area (Å²) in [5, 5.41) is 0. The van der Waals surface area contributed by atoms with Crippen LogP contribution < -0.4 is 4.74 Å². The Balaban J connectivity index is 1.50. The summed E-state index contributed by atoms with van der Waals surface area (Å²) in [7, 11) is 0. The molecule has 1 saturated carbocycles. The summed E-state index contributed by atoms with van der Waals surface area (Å²) < 4.78 is 69.5. The number of rotatable bonds is 4. The van der Waals surface area contributed by atoms with E-state index in [0.717, 1.165) is 23.1 Å². The van der Waals surface area contributed by atoms with Crippen molar-refractivity contribution in [1.29, 1.82) is 0 Å². The lowest BCUT2D eigenvalue weighted by Gasteiger charge is -2.28. The maximum atomic E-state index is 14.5. The van der Waals surface area contributed by atoms with Crippen molar-refractivity contribution in [3.63, 3.8) is 0 Å². The van der Waals surface area contributed by atoms with Crippen molar-refractivity contribution in [2.75, 3.05) is 0 Å². The van der Waals surface area contributed by atoms with Gasteiger partial charge >= 0.3 is 6.36 Å². The van der Waals surface area contributed by atoms with Gasteiger partial charge in [0.1, 0.15) is 0 Å². The summed E-state index contributed by atoms with van der Waals surface area (Å²) in [6.45, 7) is 2.25. The molecule has 1 nitrogen and oxygen atoms in total. The average molecular weight is 436 g/mol. The lowest BCUT2D eigenvalue weighted by atomic mass is 9.77. The molecule has 1 fully saturated rings. The zero-order chi connectivity index (χ0) is 22.2. The Morgan fingerprint density at radius 2 is 1.68 bits per heavy atom. The van der Waals surface area contributed by atoms with Crippen LogP contribution in [0.1, 0.15) is 67.2 Å². The molecule has 0 aromatic heterocycles. The highest BCUT2D eigenvalue weighted by atomic mass is 19.4. The zero-order valence-electron chi connectivity index (χ0n) is 17.4. The fraction of sp³-hybridized carbons (Fsp3) is 0.440. The van der Waals surface area contributed by atoms with E-state index in [2.05, 4.69) is 23.8 Å². The number of ether oxygens (including phenoxy) is 1. The van der Waals surface area contributed by atoms with Crippen LogP contribution in [0.25, 0.3) is 5.57 Å². The molecule has 0 unspecified atom stereocenters. The minimum atomic E-state index is -5.15. The molecule has 0 N–H and O–H groups in total. The zero-order valence-corrected chi connectivity index (χ0v) is 17.4. The molecule has 4 rings (SSSR count). The van der Waals surface area contributed by atoms with E-state index in [1.165, 1.54) is 37.7 Å². The van der Waals surface area contributed by atoms with Gasteiger partial charge in [-0.3, -0.25) is 0 Å². The molecular weight excluding hydrogens is 411 g/mol. The number of hydrogen-bond donors (Lipinski definition) is 0. The van der Waals surface area contributed by atoms with Crippen LogP contribution in [-0.4, -0.2) is 6.36 Å². The second-order valence-corrected chi connectivity index (χ2v) is 8.55. The number of benzene rings is 2. The van der Waals surface area contributed by atoms with Crippen molar-refractivity contribution < 1.29 is 26.7 Å². The Morgan fingerprint density at radius 1 is 1.00 bits per heavy atom. The van der Waals surface area contributed by atoms with Gasteiger partial charge in [-0.2, -0.15) is 0 Å². The molecule has 0 heterocycles. The van der Waals surface area contributed by atoms with Crippen molar-refractivity contribution in [2.45, 2.75) is 64.1 Å². The third-order valence-electron chi connectivity index (χ3n) is 6.70. The summed E-state index contributed by atoms with van der Waals surface area (Å²) in [5.41, 5.74) is 3.60. The Bertz CT molecular complexity index is 967. The molecule has 0 radical (unpaired) electrons. The van der Waals surface area contributed by atoms with Gasteiger partial charge in [0.2, 0.25) is 5.75 Å². The first-order chi connectivity index (χ1) is 14.7. The molecule has 0 amide bonds. The molecule has 166 valence electrons. The largest absolute Gasteiger partial charge is 0.573 e. The van der Waals surface area contributed by atoms with E-state index in [4.69, 9.17) is 0 Å². The smallest absolute Gasteiger partial charge is 0.399 e. The van der Waals surface area contributed by atoms with Gasteiger partial charge in [-0.25, -0.2) is 8.78 Å². The second-order valence-electron chi connectivity index (χ2n) is 8.55. The number of fused-ring (bicyclic) bond motifs is 1. The molecule has 0 spiro atoms. The maximum Gasteiger partial charge on any atom is 0.573 e. The van der Waals surface area contributed by atoms with Gasteiger partial charge in [-0.05, 0) is 84.3 Å². The van der Waals surface area contributed by atoms with E-state index < -0.39 is 23.7 Å². The molecule has 0 saturated heterocycles. The Hall–Kier alpha value is -2.37. The first-order valence-electron chi connectivity index (χ1n) is 10.8. The third kappa shape index (κ3) is 4.78. The summed E-state index contributed by atoms with van der Waals surface area (Å²) in [6, 6.07) is 9.28. The number of halogens is 5. The van der Waals surface area contributed by atoms with Crippen molar-refractivity contribution in [1.82, 2.24) is 0 Å². The van der Waals surface area contributed by atoms with Crippen molar-refractivity contribution in [3.8, 4) is 5.75 Å². The lowest BCUT2D eigenvalue weighted by molar-refractivity contribution is -0.276. The van der Waals surface area contributed by atoms with Gasteiger partial charge < -0.3 is 4.74 Å². The fourth-order valence-corrected chi connectivity index (χ4v) is 4.87. The van der Waals surface area contributed by atoms with Crippen molar-refractivity contribution >= 4 is 5.57 Å². The topological polar surface area (TPSA) is 9.23 Å². The standard InChI is InChI=1S/C25H25F5O/c1-2-15-3-5-16(6-4-15)17-7-9-18(10-8-17)19-11-12-21-20(13-19)14-22(26)24(23(21)27)31-25(28,29)30/h7-11,14-16H,2-6,12-13H2,1H3. The quantitative estimate of drug-likeness (QED) is 0.446. The minimum absolute atomic E-state index is 0.0497. The normalized spacial score (nSPS) is 21.4. The van der Waals surface area contributed by atoms with Crippen LogP contribution in [0.4, 0.5) is 22.0 Å². The van der Waals surface area contributed by atoms with Crippen LogP contribution in [0.15, 0.2) is 36.4 Å². The van der Waals surface area contributed by atoms with Crippen LogP contribution >= 0.6 is 0 Å². The van der Waals surface area contributed by atoms with E-state index in [0.29, 0.717) is 11.5 Å². The molecule has 31 heavy (non-hydrogen) atoms. The molecule has 2 aliphatic rings. The van der Waals surface area contributed by atoms with Gasteiger partial charge in [0, 0.05) is 0 Å². The minimum Gasteiger partial charge on any atom is -0.399 e. The highest BCUT2D eigenvalue weighted by Crippen LogP contribution is 2.39. The Labute approximate surface area is 178 Å². The molecule has 6 heteroatoms. The van der Waals surface area contributed by atoms with E-state index in [1.54, 1.807) is 6.08 Å². The van der Waals surface area contributed by atoms with Crippen LogP contribution in [-0.2, 0) is 12.8 Å². The molecule has 0 aliphatic heterocycles. The first kappa shape index (κ1) is 21.8. The number of allylic oxidation sites excluding steroid dienone is 2. The molecule has 0 bridgehead atoms. The van der Waals surface area contributed by atoms with Gasteiger partial charge in [-0.1, -0.05) is 43.7 Å². The SMILES string of the molecule is CCC1CCC(c2ccc(C3=CCc4c(cc(F)c(OC(F)(F)F)c4F)C3)cc2)CC1. The van der Waals surface area contributed by atoms with Crippen molar-refractivity contribution in [2.24, 2.45) is 5.92 Å². The summed E-state index contributed by atoms with van der Waals surface area (Å²) in [5.74, 6) is -2.59. The second kappa shape index (κ2) is 8.64. The molecular formula is C25H25F5O. The molecule has 0 atom stereocenters. The van der Waals surface area contributed by atoms with Gasteiger partial charge in [0.15, 0.2) is 11.6 Å². The van der Waals surface area contributed by atoms with E-state index in [1.807, 2.05) is 12.1 Å². The van der Waals surface area contributed by atoms with E-state index in [-0.39, 0.29) is 18.4 Å². The van der Waals surface area contributed by atoms with Crippen LogP contribution in [0.3, 0.4) is 0 Å². The molecule has 2 aliphatic carbocycles. The van der Waals surface area contributed by atoms with Crippen LogP contribution in [0.2, 0.25) is 0 Å². The first-order valence-corrected chi connectivity index (χ1v) is 10.8. The van der Waals surface area contributed by atoms with E-state index >= 15 is 0 Å². The molecule has 2 aromatic carbocycles.